The van der Waals surface area contributed by atoms with Crippen LogP contribution in [0.25, 0.3) is 0 Å². The third-order valence-corrected chi connectivity index (χ3v) is 5.70. The molecule has 2 aliphatic heterocycles. The summed E-state index contributed by atoms with van der Waals surface area (Å²) in [5.41, 5.74) is 1.58. The highest BCUT2D eigenvalue weighted by molar-refractivity contribution is 5.93. The zero-order valence-electron chi connectivity index (χ0n) is 15.3. The second-order valence-electron chi connectivity index (χ2n) is 7.45. The Morgan fingerprint density at radius 3 is 2.63 bits per heavy atom. The lowest BCUT2D eigenvalue weighted by Crippen LogP contribution is -2.46. The number of carbonyl (C=O) groups is 1. The van der Waals surface area contributed by atoms with E-state index in [2.05, 4.69) is 19.9 Å². The molecule has 2 saturated heterocycles. The van der Waals surface area contributed by atoms with Crippen molar-refractivity contribution in [3.8, 4) is 0 Å². The number of amides is 1. The van der Waals surface area contributed by atoms with Crippen molar-refractivity contribution in [2.24, 2.45) is 5.92 Å². The summed E-state index contributed by atoms with van der Waals surface area (Å²) >= 11 is 0. The van der Waals surface area contributed by atoms with Gasteiger partial charge in [-0.3, -0.25) is 24.6 Å². The van der Waals surface area contributed by atoms with Gasteiger partial charge >= 0.3 is 0 Å². The first-order valence-electron chi connectivity index (χ1n) is 9.57. The minimum absolute atomic E-state index is 0.0588. The molecule has 0 radical (unpaired) electrons. The van der Waals surface area contributed by atoms with E-state index in [0.29, 0.717) is 18.2 Å². The maximum Gasteiger partial charge on any atom is 0.255 e. The van der Waals surface area contributed by atoms with Gasteiger partial charge in [-0.15, -0.1) is 0 Å². The van der Waals surface area contributed by atoms with Crippen molar-refractivity contribution < 1.29 is 9.90 Å². The molecule has 0 spiro atoms. The lowest BCUT2D eigenvalue weighted by molar-refractivity contribution is 0.0627. The summed E-state index contributed by atoms with van der Waals surface area (Å²) < 4.78 is 0. The number of aromatic nitrogens is 3. The Hall–Kier alpha value is -2.38. The van der Waals surface area contributed by atoms with E-state index in [-0.39, 0.29) is 17.9 Å². The predicted octanol–water partition coefficient (Wildman–Crippen LogP) is 1.01. The number of hydrogen-bond acceptors (Lipinski definition) is 6. The van der Waals surface area contributed by atoms with Gasteiger partial charge in [0.15, 0.2) is 0 Å². The van der Waals surface area contributed by atoms with Gasteiger partial charge in [0, 0.05) is 69.1 Å². The van der Waals surface area contributed by atoms with Crippen LogP contribution in [0.4, 0.5) is 0 Å². The summed E-state index contributed by atoms with van der Waals surface area (Å²) in [7, 11) is 0. The molecule has 0 aromatic carbocycles. The smallest absolute Gasteiger partial charge is 0.255 e. The number of piperidine rings is 1. The Kier molecular flexibility index (Phi) is 5.40. The van der Waals surface area contributed by atoms with E-state index in [1.165, 1.54) is 0 Å². The molecule has 2 atom stereocenters. The number of pyridine rings is 1. The van der Waals surface area contributed by atoms with Gasteiger partial charge in [0.25, 0.3) is 5.91 Å². The first-order chi connectivity index (χ1) is 13.2. The Labute approximate surface area is 159 Å². The molecule has 4 heterocycles. The molecule has 7 heteroatoms. The number of carbonyl (C=O) groups excluding carboxylic acids is 1. The van der Waals surface area contributed by atoms with E-state index in [0.717, 1.165) is 44.6 Å². The molecule has 2 aromatic heterocycles. The fourth-order valence-electron chi connectivity index (χ4n) is 4.20. The largest absolute Gasteiger partial charge is 0.391 e. The van der Waals surface area contributed by atoms with Gasteiger partial charge in [-0.05, 0) is 31.4 Å². The van der Waals surface area contributed by atoms with Crippen LogP contribution in [0.1, 0.15) is 28.9 Å². The van der Waals surface area contributed by atoms with Crippen LogP contribution in [-0.4, -0.2) is 74.1 Å². The Morgan fingerprint density at radius 1 is 1.11 bits per heavy atom. The average Bonchev–Trinajstić information content (AvgIpc) is 3.09. The second-order valence-corrected chi connectivity index (χ2v) is 7.45. The van der Waals surface area contributed by atoms with Crippen LogP contribution >= 0.6 is 0 Å². The molecule has 0 aliphatic carbocycles. The number of rotatable bonds is 4. The van der Waals surface area contributed by atoms with Crippen LogP contribution < -0.4 is 0 Å². The summed E-state index contributed by atoms with van der Waals surface area (Å²) in [5.74, 6) is 0.250. The number of aliphatic hydroxyl groups excluding tert-OH is 1. The van der Waals surface area contributed by atoms with Gasteiger partial charge in [0.2, 0.25) is 0 Å². The third-order valence-electron chi connectivity index (χ3n) is 5.70. The molecule has 0 unspecified atom stereocenters. The molecule has 7 nitrogen and oxygen atoms in total. The quantitative estimate of drug-likeness (QED) is 0.869. The highest BCUT2D eigenvalue weighted by Gasteiger charge is 2.37. The van der Waals surface area contributed by atoms with Crippen LogP contribution in [0.3, 0.4) is 0 Å². The molecule has 1 amide bonds. The normalized spacial score (nSPS) is 24.3. The van der Waals surface area contributed by atoms with Crippen LogP contribution in [0.15, 0.2) is 43.1 Å². The number of likely N-dealkylation sites (tertiary alicyclic amines) is 2. The first-order valence-corrected chi connectivity index (χ1v) is 9.57. The fraction of sp³-hybridized carbons (Fsp3) is 0.500. The maximum absolute atomic E-state index is 12.6. The Morgan fingerprint density at radius 2 is 1.93 bits per heavy atom. The van der Waals surface area contributed by atoms with Crippen molar-refractivity contribution in [3.63, 3.8) is 0 Å². The van der Waals surface area contributed by atoms with Crippen molar-refractivity contribution in [2.75, 3.05) is 26.2 Å². The summed E-state index contributed by atoms with van der Waals surface area (Å²) in [5, 5.41) is 10.5. The molecule has 0 bridgehead atoms. The van der Waals surface area contributed by atoms with E-state index < -0.39 is 0 Å². The molecule has 1 N–H and O–H groups in total. The van der Waals surface area contributed by atoms with E-state index in [1.807, 2.05) is 11.0 Å². The van der Waals surface area contributed by atoms with Crippen molar-refractivity contribution in [1.29, 1.82) is 0 Å². The number of aliphatic hydroxyl groups is 1. The van der Waals surface area contributed by atoms with Gasteiger partial charge in [-0.2, -0.15) is 0 Å². The molecule has 2 aromatic rings. The lowest BCUT2D eigenvalue weighted by Gasteiger charge is -2.36. The van der Waals surface area contributed by atoms with E-state index in [9.17, 15) is 9.90 Å². The highest BCUT2D eigenvalue weighted by Crippen LogP contribution is 2.27. The topological polar surface area (TPSA) is 82.5 Å². The zero-order chi connectivity index (χ0) is 18.6. The van der Waals surface area contributed by atoms with Crippen molar-refractivity contribution in [3.05, 3.63) is 54.4 Å². The van der Waals surface area contributed by atoms with Gasteiger partial charge in [0.1, 0.15) is 0 Å². The second kappa shape index (κ2) is 8.10. The van der Waals surface area contributed by atoms with Gasteiger partial charge in [-0.1, -0.05) is 0 Å². The molecular formula is C20H25N5O2. The highest BCUT2D eigenvalue weighted by atomic mass is 16.3. The van der Waals surface area contributed by atoms with E-state index >= 15 is 0 Å². The molecule has 2 aliphatic rings. The minimum atomic E-state index is -0.331. The number of β-amino-alcohol motifs (C(OH)–C–C–N with tert-alkyl or cyclic N) is 1. The first kappa shape index (κ1) is 18.0. The van der Waals surface area contributed by atoms with E-state index in [4.69, 9.17) is 0 Å². The molecule has 2 fully saturated rings. The summed E-state index contributed by atoms with van der Waals surface area (Å²) in [4.78, 5) is 29.3. The molecular weight excluding hydrogens is 342 g/mol. The standard InChI is InChI=1S/C20H25N5O2/c26-19-14-25(13-16(19)10-17-12-22-6-7-23-17)18-3-8-24(9-4-18)20(27)15-2-1-5-21-11-15/h1-2,5-7,11-12,16,18-19,26H,3-4,8-10,13-14H2/t16-,19-/m1/s1. The fourth-order valence-corrected chi connectivity index (χ4v) is 4.20. The van der Waals surface area contributed by atoms with Gasteiger partial charge in [0.05, 0.1) is 17.4 Å². The molecule has 142 valence electrons. The minimum Gasteiger partial charge on any atom is -0.391 e. The monoisotopic (exact) mass is 367 g/mol. The van der Waals surface area contributed by atoms with Gasteiger partial charge in [-0.25, -0.2) is 0 Å². The summed E-state index contributed by atoms with van der Waals surface area (Å²) in [6.07, 6.45) is 10.8. The lowest BCUT2D eigenvalue weighted by atomic mass is 10.00. The zero-order valence-corrected chi connectivity index (χ0v) is 15.3. The van der Waals surface area contributed by atoms with E-state index in [1.54, 1.807) is 37.1 Å². The maximum atomic E-state index is 12.6. The molecule has 4 rings (SSSR count). The Bertz CT molecular complexity index is 749. The summed E-state index contributed by atoms with van der Waals surface area (Å²) in [6, 6.07) is 4.03. The predicted molar refractivity (Wildman–Crippen MR) is 100.0 cm³/mol. The van der Waals surface area contributed by atoms with Gasteiger partial charge < -0.3 is 10.0 Å². The molecule has 27 heavy (non-hydrogen) atoms. The van der Waals surface area contributed by atoms with Crippen LogP contribution in [0.5, 0.6) is 0 Å². The van der Waals surface area contributed by atoms with Crippen molar-refractivity contribution in [1.82, 2.24) is 24.8 Å². The number of hydrogen-bond donors (Lipinski definition) is 1. The number of nitrogens with zero attached hydrogens (tertiary/aromatic N) is 5. The third kappa shape index (κ3) is 4.14. The summed E-state index contributed by atoms with van der Waals surface area (Å²) in [6.45, 7) is 3.07. The van der Waals surface area contributed by atoms with Crippen LogP contribution in [0, 0.1) is 5.92 Å². The van der Waals surface area contributed by atoms with Crippen LogP contribution in [-0.2, 0) is 6.42 Å². The average molecular weight is 367 g/mol. The van der Waals surface area contributed by atoms with Crippen molar-refractivity contribution >= 4 is 5.91 Å². The molecule has 0 saturated carbocycles. The van der Waals surface area contributed by atoms with Crippen LogP contribution in [0.2, 0.25) is 0 Å². The Balaban J connectivity index is 1.30. The SMILES string of the molecule is O=C(c1cccnc1)N1CCC(N2C[C@@H](Cc3cnccn3)[C@H](O)C2)CC1. The van der Waals surface area contributed by atoms with Crippen molar-refractivity contribution in [2.45, 2.75) is 31.4 Å².